The molecule has 28 heavy (non-hydrogen) atoms. The highest BCUT2D eigenvalue weighted by Crippen LogP contribution is 2.19. The highest BCUT2D eigenvalue weighted by molar-refractivity contribution is 9.10. The van der Waals surface area contributed by atoms with Gasteiger partial charge in [-0.05, 0) is 48.7 Å². The van der Waals surface area contributed by atoms with E-state index in [9.17, 15) is 4.79 Å². The van der Waals surface area contributed by atoms with Crippen LogP contribution in [-0.4, -0.2) is 40.2 Å². The number of aromatic nitrogens is 2. The Morgan fingerprint density at radius 3 is 2.68 bits per heavy atom. The summed E-state index contributed by atoms with van der Waals surface area (Å²) in [7, 11) is 0. The van der Waals surface area contributed by atoms with Gasteiger partial charge >= 0.3 is 0 Å². The van der Waals surface area contributed by atoms with Crippen molar-refractivity contribution in [2.45, 2.75) is 19.9 Å². The summed E-state index contributed by atoms with van der Waals surface area (Å²) in [5, 5.41) is 7.43. The molecule has 5 nitrogen and oxygen atoms in total. The van der Waals surface area contributed by atoms with E-state index in [1.807, 2.05) is 31.2 Å². The molecule has 4 rings (SSSR count). The maximum atomic E-state index is 12.6. The highest BCUT2D eigenvalue weighted by atomic mass is 79.9. The van der Waals surface area contributed by atoms with Crippen LogP contribution < -0.4 is 5.32 Å². The SMILES string of the molecule is Cc1c(C(=O)NCCN2CCc3ccccc3C2)cnn1-c1ccc(Br)cc1. The first-order valence-corrected chi connectivity index (χ1v) is 10.3. The van der Waals surface area contributed by atoms with Gasteiger partial charge in [-0.1, -0.05) is 40.2 Å². The molecule has 1 aliphatic rings. The van der Waals surface area contributed by atoms with Gasteiger partial charge in [-0.3, -0.25) is 9.69 Å². The Morgan fingerprint density at radius 1 is 1.14 bits per heavy atom. The van der Waals surface area contributed by atoms with Crippen LogP contribution in [0.1, 0.15) is 27.2 Å². The van der Waals surface area contributed by atoms with Gasteiger partial charge < -0.3 is 5.32 Å². The molecule has 0 radical (unpaired) electrons. The molecule has 1 aromatic heterocycles. The third-order valence-corrected chi connectivity index (χ3v) is 5.78. The minimum Gasteiger partial charge on any atom is -0.351 e. The van der Waals surface area contributed by atoms with Gasteiger partial charge in [0.05, 0.1) is 23.1 Å². The van der Waals surface area contributed by atoms with E-state index in [1.54, 1.807) is 10.9 Å². The van der Waals surface area contributed by atoms with E-state index in [-0.39, 0.29) is 5.91 Å². The van der Waals surface area contributed by atoms with Gasteiger partial charge in [-0.2, -0.15) is 5.10 Å². The Bertz CT molecular complexity index is 980. The summed E-state index contributed by atoms with van der Waals surface area (Å²) in [6.07, 6.45) is 2.72. The smallest absolute Gasteiger partial charge is 0.254 e. The van der Waals surface area contributed by atoms with Crippen molar-refractivity contribution in [2.75, 3.05) is 19.6 Å². The van der Waals surface area contributed by atoms with E-state index in [1.165, 1.54) is 11.1 Å². The molecule has 1 aliphatic heterocycles. The van der Waals surface area contributed by atoms with Crippen molar-refractivity contribution in [3.05, 3.63) is 81.6 Å². The highest BCUT2D eigenvalue weighted by Gasteiger charge is 2.17. The molecule has 0 bridgehead atoms. The van der Waals surface area contributed by atoms with Gasteiger partial charge in [0.25, 0.3) is 5.91 Å². The van der Waals surface area contributed by atoms with Crippen LogP contribution in [0.5, 0.6) is 0 Å². The average Bonchev–Trinajstić information content (AvgIpc) is 3.10. The number of hydrogen-bond donors (Lipinski definition) is 1. The Balaban J connectivity index is 1.34. The predicted molar refractivity (Wildman–Crippen MR) is 114 cm³/mol. The lowest BCUT2D eigenvalue weighted by molar-refractivity contribution is 0.0946. The van der Waals surface area contributed by atoms with E-state index in [0.29, 0.717) is 12.1 Å². The number of amides is 1. The van der Waals surface area contributed by atoms with E-state index < -0.39 is 0 Å². The average molecular weight is 439 g/mol. The van der Waals surface area contributed by atoms with Gasteiger partial charge in [0.1, 0.15) is 0 Å². The first-order valence-electron chi connectivity index (χ1n) is 9.50. The summed E-state index contributed by atoms with van der Waals surface area (Å²) in [4.78, 5) is 15.0. The molecule has 3 aromatic rings. The number of halogens is 1. The topological polar surface area (TPSA) is 50.2 Å². The molecule has 0 spiro atoms. The summed E-state index contributed by atoms with van der Waals surface area (Å²) in [5.41, 5.74) is 5.23. The summed E-state index contributed by atoms with van der Waals surface area (Å²) in [6, 6.07) is 16.5. The number of nitrogens with one attached hydrogen (secondary N) is 1. The van der Waals surface area contributed by atoms with Crippen molar-refractivity contribution in [3.8, 4) is 5.69 Å². The van der Waals surface area contributed by atoms with E-state index >= 15 is 0 Å². The van der Waals surface area contributed by atoms with Gasteiger partial charge in [0, 0.05) is 30.7 Å². The summed E-state index contributed by atoms with van der Waals surface area (Å²) >= 11 is 3.44. The molecule has 2 heterocycles. The summed E-state index contributed by atoms with van der Waals surface area (Å²) in [6.45, 7) is 5.38. The third kappa shape index (κ3) is 4.03. The van der Waals surface area contributed by atoms with Crippen LogP contribution >= 0.6 is 15.9 Å². The van der Waals surface area contributed by atoms with Crippen molar-refractivity contribution >= 4 is 21.8 Å². The Labute approximate surface area is 173 Å². The van der Waals surface area contributed by atoms with Crippen molar-refractivity contribution in [1.29, 1.82) is 0 Å². The van der Waals surface area contributed by atoms with Crippen LogP contribution in [-0.2, 0) is 13.0 Å². The zero-order valence-corrected chi connectivity index (χ0v) is 17.4. The maximum absolute atomic E-state index is 12.6. The molecule has 1 N–H and O–H groups in total. The Morgan fingerprint density at radius 2 is 1.89 bits per heavy atom. The zero-order valence-electron chi connectivity index (χ0n) is 15.9. The number of rotatable bonds is 5. The normalized spacial score (nSPS) is 13.9. The van der Waals surface area contributed by atoms with Crippen LogP contribution in [0.3, 0.4) is 0 Å². The molecule has 144 valence electrons. The fraction of sp³-hybridized carbons (Fsp3) is 0.273. The summed E-state index contributed by atoms with van der Waals surface area (Å²) in [5.74, 6) is -0.0710. The zero-order chi connectivity index (χ0) is 19.5. The third-order valence-electron chi connectivity index (χ3n) is 5.25. The number of carbonyl (C=O) groups is 1. The largest absolute Gasteiger partial charge is 0.351 e. The maximum Gasteiger partial charge on any atom is 0.254 e. The lowest BCUT2D eigenvalue weighted by Gasteiger charge is -2.28. The van der Waals surface area contributed by atoms with Crippen LogP contribution in [0, 0.1) is 6.92 Å². The fourth-order valence-corrected chi connectivity index (χ4v) is 3.91. The number of carbonyl (C=O) groups excluding carboxylic acids is 1. The van der Waals surface area contributed by atoms with Crippen molar-refractivity contribution in [1.82, 2.24) is 20.0 Å². The number of benzene rings is 2. The minimum atomic E-state index is -0.0710. The quantitative estimate of drug-likeness (QED) is 0.659. The molecule has 2 aromatic carbocycles. The molecule has 0 saturated heterocycles. The van der Waals surface area contributed by atoms with Crippen molar-refractivity contribution < 1.29 is 4.79 Å². The molecule has 0 fully saturated rings. The molecule has 0 saturated carbocycles. The van der Waals surface area contributed by atoms with Crippen LogP contribution in [0.4, 0.5) is 0 Å². The van der Waals surface area contributed by atoms with E-state index in [4.69, 9.17) is 0 Å². The summed E-state index contributed by atoms with van der Waals surface area (Å²) < 4.78 is 2.81. The molecule has 0 aliphatic carbocycles. The van der Waals surface area contributed by atoms with Gasteiger partial charge in [0.15, 0.2) is 0 Å². The number of nitrogens with zero attached hydrogens (tertiary/aromatic N) is 3. The second kappa shape index (κ2) is 8.29. The number of fused-ring (bicyclic) bond motifs is 1. The monoisotopic (exact) mass is 438 g/mol. The molecule has 0 unspecified atom stereocenters. The van der Waals surface area contributed by atoms with Crippen molar-refractivity contribution in [3.63, 3.8) is 0 Å². The standard InChI is InChI=1S/C22H23BrN4O/c1-16-21(14-25-27(16)20-8-6-19(23)7-9-20)22(28)24-11-13-26-12-10-17-4-2-3-5-18(17)15-26/h2-9,14H,10-13,15H2,1H3,(H,24,28). The molecule has 0 atom stereocenters. The first-order chi connectivity index (χ1) is 13.6. The molecular formula is C22H23BrN4O. The fourth-order valence-electron chi connectivity index (χ4n) is 3.64. The van der Waals surface area contributed by atoms with E-state index in [0.717, 1.165) is 41.9 Å². The molecule has 6 heteroatoms. The van der Waals surface area contributed by atoms with Gasteiger partial charge in [-0.15, -0.1) is 0 Å². The Hall–Kier alpha value is -2.44. The predicted octanol–water partition coefficient (Wildman–Crippen LogP) is 3.73. The lowest BCUT2D eigenvalue weighted by atomic mass is 10.00. The van der Waals surface area contributed by atoms with E-state index in [2.05, 4.69) is 55.5 Å². The van der Waals surface area contributed by atoms with Crippen molar-refractivity contribution in [2.24, 2.45) is 0 Å². The lowest BCUT2D eigenvalue weighted by Crippen LogP contribution is -2.37. The number of hydrogen-bond acceptors (Lipinski definition) is 3. The molecular weight excluding hydrogens is 416 g/mol. The van der Waals surface area contributed by atoms with Gasteiger partial charge in [-0.25, -0.2) is 4.68 Å². The minimum absolute atomic E-state index is 0.0710. The first kappa shape index (κ1) is 18.9. The van der Waals surface area contributed by atoms with Gasteiger partial charge in [0.2, 0.25) is 0 Å². The van der Waals surface area contributed by atoms with Crippen LogP contribution in [0.25, 0.3) is 5.69 Å². The Kier molecular flexibility index (Phi) is 5.59. The van der Waals surface area contributed by atoms with Crippen LogP contribution in [0.15, 0.2) is 59.2 Å². The molecule has 1 amide bonds. The second-order valence-electron chi connectivity index (χ2n) is 7.08. The van der Waals surface area contributed by atoms with Crippen LogP contribution in [0.2, 0.25) is 0 Å². The second-order valence-corrected chi connectivity index (χ2v) is 8.00.